The number of ether oxygens (including phenoxy) is 1. The summed E-state index contributed by atoms with van der Waals surface area (Å²) >= 11 is 0. The van der Waals surface area contributed by atoms with Crippen LogP contribution in [0.2, 0.25) is 0 Å². The average Bonchev–Trinajstić information content (AvgIpc) is 3.36. The molecular formula is C40H38N4O6. The van der Waals surface area contributed by atoms with Gasteiger partial charge in [-0.3, -0.25) is 14.4 Å². The van der Waals surface area contributed by atoms with Crippen LogP contribution in [-0.2, 0) is 34.7 Å². The highest BCUT2D eigenvalue weighted by molar-refractivity contribution is 6.07. The maximum absolute atomic E-state index is 14.2. The molecular weight excluding hydrogens is 632 g/mol. The number of carbonyl (C=O) groups is 2. The Labute approximate surface area is 289 Å². The largest absolute Gasteiger partial charge is 0.497 e. The summed E-state index contributed by atoms with van der Waals surface area (Å²) in [7, 11) is 1.53. The normalized spacial score (nSPS) is 19.1. The Morgan fingerprint density at radius 1 is 1.02 bits per heavy atom. The lowest BCUT2D eigenvalue weighted by molar-refractivity contribution is -0.139. The van der Waals surface area contributed by atoms with Crippen LogP contribution in [0, 0.1) is 5.92 Å². The van der Waals surface area contributed by atoms with Crippen molar-refractivity contribution in [3.05, 3.63) is 142 Å². The van der Waals surface area contributed by atoms with Crippen LogP contribution in [0.25, 0.3) is 16.5 Å². The van der Waals surface area contributed by atoms with E-state index in [2.05, 4.69) is 5.10 Å². The van der Waals surface area contributed by atoms with Gasteiger partial charge in [0.25, 0.3) is 11.5 Å². The van der Waals surface area contributed by atoms with Gasteiger partial charge in [0, 0.05) is 29.8 Å². The fourth-order valence-electron chi connectivity index (χ4n) is 7.08. The third-order valence-corrected chi connectivity index (χ3v) is 9.96. The van der Waals surface area contributed by atoms with E-state index in [-0.39, 0.29) is 37.1 Å². The van der Waals surface area contributed by atoms with Crippen molar-refractivity contribution in [3.8, 4) is 11.4 Å². The molecule has 3 atom stereocenters. The molecule has 0 saturated carbocycles. The maximum Gasteiger partial charge on any atom is 0.279 e. The van der Waals surface area contributed by atoms with E-state index in [1.54, 1.807) is 71.5 Å². The lowest BCUT2D eigenvalue weighted by Gasteiger charge is -2.36. The molecule has 2 aliphatic heterocycles. The number of fused-ring (bicyclic) bond motifs is 3. The Hall–Kier alpha value is -5.58. The number of aliphatic hydroxyl groups excluding tert-OH is 1. The van der Waals surface area contributed by atoms with Crippen molar-refractivity contribution in [2.75, 3.05) is 18.6 Å². The van der Waals surface area contributed by atoms with Gasteiger partial charge in [-0.2, -0.15) is 9.78 Å². The molecule has 50 heavy (non-hydrogen) atoms. The Balaban J connectivity index is 1.10. The number of amides is 2. The van der Waals surface area contributed by atoms with Crippen molar-refractivity contribution >= 4 is 28.3 Å². The van der Waals surface area contributed by atoms with E-state index in [9.17, 15) is 24.6 Å². The summed E-state index contributed by atoms with van der Waals surface area (Å²) in [4.78, 5) is 43.9. The summed E-state index contributed by atoms with van der Waals surface area (Å²) in [5, 5.41) is 27.9. The molecule has 0 aliphatic carbocycles. The van der Waals surface area contributed by atoms with Gasteiger partial charge in [0.2, 0.25) is 5.91 Å². The summed E-state index contributed by atoms with van der Waals surface area (Å²) in [5.41, 5.74) is 2.41. The summed E-state index contributed by atoms with van der Waals surface area (Å²) in [6, 6.07) is 27.3. The highest BCUT2D eigenvalue weighted by Crippen LogP contribution is 2.47. The number of hydrogen-bond donors (Lipinski definition) is 2. The van der Waals surface area contributed by atoms with Crippen LogP contribution >= 0.6 is 0 Å². The Kier molecular flexibility index (Phi) is 8.81. The summed E-state index contributed by atoms with van der Waals surface area (Å²) < 4.78 is 6.80. The lowest BCUT2D eigenvalue weighted by Crippen LogP contribution is -2.46. The first-order chi connectivity index (χ1) is 24.2. The van der Waals surface area contributed by atoms with Crippen molar-refractivity contribution < 1.29 is 24.5 Å². The molecule has 0 saturated heterocycles. The van der Waals surface area contributed by atoms with E-state index in [0.717, 1.165) is 22.1 Å². The van der Waals surface area contributed by atoms with Crippen LogP contribution < -0.4 is 15.2 Å². The molecule has 10 nitrogen and oxygen atoms in total. The van der Waals surface area contributed by atoms with Gasteiger partial charge in [-0.05, 0) is 59.5 Å². The predicted molar refractivity (Wildman–Crippen MR) is 190 cm³/mol. The first kappa shape index (κ1) is 32.9. The third-order valence-electron chi connectivity index (χ3n) is 9.96. The molecule has 4 aromatic carbocycles. The molecule has 2 amide bonds. The second-order valence-electron chi connectivity index (χ2n) is 12.9. The first-order valence-corrected chi connectivity index (χ1v) is 16.7. The average molecular weight is 671 g/mol. The van der Waals surface area contributed by atoms with Gasteiger partial charge in [0.1, 0.15) is 5.75 Å². The SMILES string of the molecule is COc1ccc2c(c1)[C@](O)([C@@H](C)/C=C/CC(=O)N1Cc3ccccc3C[C@H]1CO)C(=O)N2Cc1ccc(-n2ncc3ccccc3c2=O)cc1. The van der Waals surface area contributed by atoms with E-state index in [0.29, 0.717) is 41.0 Å². The molecule has 0 radical (unpaired) electrons. The lowest BCUT2D eigenvalue weighted by atomic mass is 9.82. The van der Waals surface area contributed by atoms with Crippen molar-refractivity contribution in [1.29, 1.82) is 0 Å². The van der Waals surface area contributed by atoms with Gasteiger partial charge in [-0.15, -0.1) is 0 Å². The van der Waals surface area contributed by atoms with E-state index >= 15 is 0 Å². The molecule has 0 unspecified atom stereocenters. The fraction of sp³-hybridized carbons (Fsp3) is 0.250. The van der Waals surface area contributed by atoms with E-state index in [1.165, 1.54) is 11.8 Å². The zero-order valence-corrected chi connectivity index (χ0v) is 27.9. The highest BCUT2D eigenvalue weighted by atomic mass is 16.5. The van der Waals surface area contributed by atoms with Gasteiger partial charge in [-0.25, -0.2) is 0 Å². The minimum atomic E-state index is -1.91. The highest BCUT2D eigenvalue weighted by Gasteiger charge is 2.52. The number of benzene rings is 4. The van der Waals surface area contributed by atoms with Crippen molar-refractivity contribution in [3.63, 3.8) is 0 Å². The van der Waals surface area contributed by atoms with E-state index < -0.39 is 17.4 Å². The van der Waals surface area contributed by atoms with Gasteiger partial charge in [-0.1, -0.05) is 73.7 Å². The second kappa shape index (κ2) is 13.4. The zero-order valence-electron chi connectivity index (χ0n) is 27.9. The second-order valence-corrected chi connectivity index (χ2v) is 12.9. The molecule has 2 aliphatic rings. The molecule has 0 spiro atoms. The maximum atomic E-state index is 14.2. The number of rotatable bonds is 9. The van der Waals surface area contributed by atoms with Crippen molar-refractivity contribution in [1.82, 2.24) is 14.7 Å². The van der Waals surface area contributed by atoms with E-state index in [4.69, 9.17) is 4.74 Å². The van der Waals surface area contributed by atoms with Crippen molar-refractivity contribution in [2.45, 2.75) is 44.5 Å². The minimum Gasteiger partial charge on any atom is -0.497 e. The number of aliphatic hydroxyl groups is 2. The van der Waals surface area contributed by atoms with Gasteiger partial charge >= 0.3 is 0 Å². The topological polar surface area (TPSA) is 125 Å². The molecule has 10 heteroatoms. The van der Waals surface area contributed by atoms with E-state index in [1.807, 2.05) is 54.6 Å². The van der Waals surface area contributed by atoms with Crippen LogP contribution in [0.3, 0.4) is 0 Å². The van der Waals surface area contributed by atoms with Crippen LogP contribution in [0.5, 0.6) is 5.75 Å². The monoisotopic (exact) mass is 670 g/mol. The number of nitrogens with zero attached hydrogens (tertiary/aromatic N) is 4. The van der Waals surface area contributed by atoms with Gasteiger partial charge in [0.05, 0.1) is 49.3 Å². The molecule has 0 bridgehead atoms. The molecule has 1 aromatic heterocycles. The number of aromatic nitrogens is 2. The number of anilines is 1. The standard InChI is InChI=1S/C40H38N4O6/c1-26(8-7-13-37(46)42-24-30-11-4-3-9-28(30)20-32(42)25-45)40(49)35-21-33(50-2)18-19-36(35)43(39(40)48)23-27-14-16-31(17-15-27)44-38(47)34-12-6-5-10-29(34)22-41-44/h3-12,14-19,21-22,26,32,45,49H,13,20,23-25H2,1-2H3/b8-7+/t26-,32-,40+/m0/s1. The van der Waals surface area contributed by atoms with Gasteiger partial charge < -0.3 is 24.7 Å². The molecule has 5 aromatic rings. The first-order valence-electron chi connectivity index (χ1n) is 16.7. The van der Waals surface area contributed by atoms with Gasteiger partial charge in [0.15, 0.2) is 5.60 Å². The number of methoxy groups -OCH3 is 1. The quantitative estimate of drug-likeness (QED) is 0.219. The Morgan fingerprint density at radius 3 is 2.52 bits per heavy atom. The van der Waals surface area contributed by atoms with Crippen LogP contribution in [-0.4, -0.2) is 56.5 Å². The smallest absolute Gasteiger partial charge is 0.279 e. The van der Waals surface area contributed by atoms with Crippen molar-refractivity contribution in [2.24, 2.45) is 5.92 Å². The Bertz CT molecular complexity index is 2180. The molecule has 254 valence electrons. The Morgan fingerprint density at radius 2 is 1.76 bits per heavy atom. The molecule has 7 rings (SSSR count). The molecule has 3 heterocycles. The summed E-state index contributed by atoms with van der Waals surface area (Å²) in [5.74, 6) is -0.822. The number of hydrogen-bond acceptors (Lipinski definition) is 7. The zero-order chi connectivity index (χ0) is 35.0. The summed E-state index contributed by atoms with van der Waals surface area (Å²) in [6.07, 6.45) is 5.70. The fourth-order valence-corrected chi connectivity index (χ4v) is 7.08. The van der Waals surface area contributed by atoms with Crippen LogP contribution in [0.15, 0.2) is 114 Å². The molecule has 0 fully saturated rings. The predicted octanol–water partition coefficient (Wildman–Crippen LogP) is 4.66. The molecule has 2 N–H and O–H groups in total. The summed E-state index contributed by atoms with van der Waals surface area (Å²) in [6.45, 7) is 2.21. The van der Waals surface area contributed by atoms with Crippen LogP contribution in [0.1, 0.15) is 35.6 Å². The third kappa shape index (κ3) is 5.76. The number of carbonyl (C=O) groups excluding carboxylic acids is 2. The van der Waals surface area contributed by atoms with Crippen LogP contribution in [0.4, 0.5) is 5.69 Å². The minimum absolute atomic E-state index is 0.0590.